The number of thiazole rings is 1. The molecule has 0 radical (unpaired) electrons. The van der Waals surface area contributed by atoms with E-state index >= 15 is 0 Å². The summed E-state index contributed by atoms with van der Waals surface area (Å²) in [6.07, 6.45) is 1.58. The fourth-order valence-electron chi connectivity index (χ4n) is 1.72. The number of aryl methyl sites for hydroxylation is 1. The quantitative estimate of drug-likeness (QED) is 0.774. The monoisotopic (exact) mass is 334 g/mol. The zero-order valence-corrected chi connectivity index (χ0v) is 14.4. The van der Waals surface area contributed by atoms with Crippen LogP contribution >= 0.6 is 11.3 Å². The van der Waals surface area contributed by atoms with Gasteiger partial charge >= 0.3 is 5.97 Å². The molecule has 1 aromatic rings. The molecule has 0 aliphatic carbocycles. The number of methoxy groups -OCH3 is 1. The fourth-order valence-corrected chi connectivity index (χ4v) is 4.41. The lowest BCUT2D eigenvalue weighted by Gasteiger charge is -2.17. The molecule has 0 saturated carbocycles. The van der Waals surface area contributed by atoms with Crippen LogP contribution in [0.5, 0.6) is 0 Å². The molecule has 0 aromatic carbocycles. The second kappa shape index (κ2) is 7.22. The van der Waals surface area contributed by atoms with Gasteiger partial charge in [-0.05, 0) is 18.3 Å². The van der Waals surface area contributed by atoms with Crippen LogP contribution in [0.4, 0.5) is 5.13 Å². The Morgan fingerprint density at radius 2 is 2.10 bits per heavy atom. The number of hydrogen-bond acceptors (Lipinski definition) is 6. The third-order valence-electron chi connectivity index (χ3n) is 2.46. The molecular weight excluding hydrogens is 312 g/mol. The highest BCUT2D eigenvalue weighted by Crippen LogP contribution is 2.21. The Morgan fingerprint density at radius 1 is 1.43 bits per heavy atom. The van der Waals surface area contributed by atoms with Gasteiger partial charge in [-0.1, -0.05) is 20.8 Å². The minimum Gasteiger partial charge on any atom is -0.469 e. The Morgan fingerprint density at radius 3 is 2.67 bits per heavy atom. The first kappa shape index (κ1) is 17.9. The summed E-state index contributed by atoms with van der Waals surface area (Å²) in [5.74, 6) is -0.214. The molecule has 0 saturated heterocycles. The average molecular weight is 334 g/mol. The van der Waals surface area contributed by atoms with Gasteiger partial charge in [0.2, 0.25) is 10.0 Å². The zero-order valence-electron chi connectivity index (χ0n) is 12.8. The van der Waals surface area contributed by atoms with Gasteiger partial charge in [-0.3, -0.25) is 9.52 Å². The van der Waals surface area contributed by atoms with Gasteiger partial charge in [0, 0.05) is 11.8 Å². The first-order chi connectivity index (χ1) is 9.61. The van der Waals surface area contributed by atoms with Gasteiger partial charge < -0.3 is 4.74 Å². The maximum absolute atomic E-state index is 12.0. The molecular formula is C13H22N2O4S2. The second-order valence-corrected chi connectivity index (χ2v) is 8.58. The molecule has 1 rings (SSSR count). The lowest BCUT2D eigenvalue weighted by atomic mass is 10.0. The minimum absolute atomic E-state index is 0.0389. The Bertz CT molecular complexity index is 573. The van der Waals surface area contributed by atoms with E-state index in [0.29, 0.717) is 24.4 Å². The van der Waals surface area contributed by atoms with E-state index in [0.717, 1.165) is 5.69 Å². The van der Waals surface area contributed by atoms with Gasteiger partial charge in [0.1, 0.15) is 0 Å². The van der Waals surface area contributed by atoms with Crippen molar-refractivity contribution < 1.29 is 17.9 Å². The lowest BCUT2D eigenvalue weighted by Crippen LogP contribution is -2.26. The molecule has 0 aliphatic rings. The molecule has 0 atom stereocenters. The molecule has 0 fully saturated rings. The highest BCUT2D eigenvalue weighted by atomic mass is 32.2. The van der Waals surface area contributed by atoms with Crippen molar-refractivity contribution in [3.8, 4) is 0 Å². The predicted octanol–water partition coefficient (Wildman–Crippen LogP) is 2.43. The molecule has 21 heavy (non-hydrogen) atoms. The largest absolute Gasteiger partial charge is 0.469 e. The lowest BCUT2D eigenvalue weighted by molar-refractivity contribution is -0.140. The van der Waals surface area contributed by atoms with Crippen LogP contribution in [-0.4, -0.2) is 32.2 Å². The summed E-state index contributed by atoms with van der Waals surface area (Å²) in [5.41, 5.74) is 0.462. The van der Waals surface area contributed by atoms with Crippen molar-refractivity contribution in [2.45, 2.75) is 40.0 Å². The zero-order chi connectivity index (χ0) is 16.1. The molecule has 0 aliphatic heterocycles. The maximum atomic E-state index is 12.0. The standard InChI is InChI=1S/C13H22N2O4S2/c1-13(2,3)9-21(17,18)15-12-14-10(8-20-12)6-5-7-11(16)19-4/h8H,5-7,9H2,1-4H3,(H,14,15). The first-order valence-corrected chi connectivity index (χ1v) is 9.16. The summed E-state index contributed by atoms with van der Waals surface area (Å²) in [4.78, 5) is 15.2. The number of nitrogens with zero attached hydrogens (tertiary/aromatic N) is 1. The highest BCUT2D eigenvalue weighted by Gasteiger charge is 2.22. The Hall–Kier alpha value is -1.15. The highest BCUT2D eigenvalue weighted by molar-refractivity contribution is 7.92. The second-order valence-electron chi connectivity index (χ2n) is 6.00. The van der Waals surface area contributed by atoms with Gasteiger partial charge in [-0.2, -0.15) is 0 Å². The third-order valence-corrected chi connectivity index (χ3v) is 5.15. The van der Waals surface area contributed by atoms with Crippen molar-refractivity contribution in [1.82, 2.24) is 4.98 Å². The molecule has 1 heterocycles. The van der Waals surface area contributed by atoms with Crippen molar-refractivity contribution in [2.24, 2.45) is 5.41 Å². The molecule has 6 nitrogen and oxygen atoms in total. The summed E-state index contributed by atoms with van der Waals surface area (Å²) in [6.45, 7) is 5.60. The summed E-state index contributed by atoms with van der Waals surface area (Å²) >= 11 is 1.25. The summed E-state index contributed by atoms with van der Waals surface area (Å²) in [6, 6.07) is 0. The van der Waals surface area contributed by atoms with Gasteiger partial charge in [0.25, 0.3) is 0 Å². The summed E-state index contributed by atoms with van der Waals surface area (Å²) < 4.78 is 31.0. The van der Waals surface area contributed by atoms with Crippen LogP contribution in [0.15, 0.2) is 5.38 Å². The number of aromatic nitrogens is 1. The number of hydrogen-bond donors (Lipinski definition) is 1. The normalized spacial score (nSPS) is 12.2. The Balaban J connectivity index is 2.54. The summed E-state index contributed by atoms with van der Waals surface area (Å²) in [5, 5.41) is 2.17. The Labute approximate surface area is 130 Å². The molecule has 0 amide bonds. The van der Waals surface area contributed by atoms with Crippen LogP contribution in [0.2, 0.25) is 0 Å². The Kier molecular flexibility index (Phi) is 6.15. The van der Waals surface area contributed by atoms with E-state index in [9.17, 15) is 13.2 Å². The van der Waals surface area contributed by atoms with Gasteiger partial charge in [0.05, 0.1) is 18.6 Å². The van der Waals surface area contributed by atoms with Crippen LogP contribution in [0.3, 0.4) is 0 Å². The van der Waals surface area contributed by atoms with E-state index in [2.05, 4.69) is 14.4 Å². The first-order valence-electron chi connectivity index (χ1n) is 6.63. The molecule has 0 unspecified atom stereocenters. The van der Waals surface area contributed by atoms with E-state index in [1.54, 1.807) is 5.38 Å². The number of carbonyl (C=O) groups is 1. The van der Waals surface area contributed by atoms with Crippen LogP contribution in [0, 0.1) is 5.41 Å². The topological polar surface area (TPSA) is 85.4 Å². The van der Waals surface area contributed by atoms with Crippen LogP contribution in [-0.2, 0) is 26.0 Å². The molecule has 0 bridgehead atoms. The van der Waals surface area contributed by atoms with Gasteiger partial charge in [-0.15, -0.1) is 11.3 Å². The smallest absolute Gasteiger partial charge is 0.305 e. The molecule has 1 N–H and O–H groups in total. The SMILES string of the molecule is COC(=O)CCCc1csc(NS(=O)(=O)CC(C)(C)C)n1. The van der Waals surface area contributed by atoms with Crippen molar-refractivity contribution in [1.29, 1.82) is 0 Å². The van der Waals surface area contributed by atoms with E-state index in [1.165, 1.54) is 18.4 Å². The molecule has 0 spiro atoms. The van der Waals surface area contributed by atoms with Crippen LogP contribution in [0.1, 0.15) is 39.3 Å². The number of ether oxygens (including phenoxy) is 1. The molecule has 1 aromatic heterocycles. The van der Waals surface area contributed by atoms with Crippen LogP contribution < -0.4 is 4.72 Å². The third kappa shape index (κ3) is 7.42. The van der Waals surface area contributed by atoms with Gasteiger partial charge in [-0.25, -0.2) is 13.4 Å². The van der Waals surface area contributed by atoms with Gasteiger partial charge in [0.15, 0.2) is 5.13 Å². The van der Waals surface area contributed by atoms with E-state index in [1.807, 2.05) is 20.8 Å². The van der Waals surface area contributed by atoms with Crippen molar-refractivity contribution in [3.05, 3.63) is 11.1 Å². The van der Waals surface area contributed by atoms with E-state index in [4.69, 9.17) is 0 Å². The summed E-state index contributed by atoms with van der Waals surface area (Å²) in [7, 11) is -2.04. The molecule has 8 heteroatoms. The average Bonchev–Trinajstić information content (AvgIpc) is 2.72. The van der Waals surface area contributed by atoms with E-state index < -0.39 is 10.0 Å². The maximum Gasteiger partial charge on any atom is 0.305 e. The fraction of sp³-hybridized carbons (Fsp3) is 0.692. The predicted molar refractivity (Wildman–Crippen MR) is 83.9 cm³/mol. The number of carbonyl (C=O) groups excluding carboxylic acids is 1. The number of esters is 1. The number of rotatable bonds is 7. The van der Waals surface area contributed by atoms with Crippen molar-refractivity contribution >= 4 is 32.5 Å². The van der Waals surface area contributed by atoms with E-state index in [-0.39, 0.29) is 17.1 Å². The minimum atomic E-state index is -3.39. The number of sulfonamides is 1. The van der Waals surface area contributed by atoms with Crippen molar-refractivity contribution in [2.75, 3.05) is 17.6 Å². The number of nitrogens with one attached hydrogen (secondary N) is 1. The number of anilines is 1. The van der Waals surface area contributed by atoms with Crippen LogP contribution in [0.25, 0.3) is 0 Å². The molecule has 120 valence electrons. The van der Waals surface area contributed by atoms with Crippen molar-refractivity contribution in [3.63, 3.8) is 0 Å².